The molecular formula is C21H24ClNO4S. The lowest BCUT2D eigenvalue weighted by molar-refractivity contribution is 0.0358. The highest BCUT2D eigenvalue weighted by Crippen LogP contribution is 2.19. The van der Waals surface area contributed by atoms with Crippen LogP contribution in [-0.2, 0) is 14.6 Å². The number of sulfone groups is 1. The second-order valence-corrected chi connectivity index (χ2v) is 8.80. The quantitative estimate of drug-likeness (QED) is 0.605. The van der Waals surface area contributed by atoms with Crippen LogP contribution in [0.1, 0.15) is 12.0 Å². The van der Waals surface area contributed by atoms with Crippen molar-refractivity contribution in [3.05, 3.63) is 64.5 Å². The smallest absolute Gasteiger partial charge is 0.199 e. The van der Waals surface area contributed by atoms with Crippen LogP contribution in [0.4, 0.5) is 0 Å². The summed E-state index contributed by atoms with van der Waals surface area (Å²) in [6, 6.07) is 13.5. The maximum Gasteiger partial charge on any atom is 0.199 e. The van der Waals surface area contributed by atoms with Crippen molar-refractivity contribution in [3.63, 3.8) is 0 Å². The van der Waals surface area contributed by atoms with E-state index in [-0.39, 0.29) is 4.90 Å². The molecule has 0 saturated carbocycles. The Morgan fingerprint density at radius 2 is 1.86 bits per heavy atom. The zero-order valence-electron chi connectivity index (χ0n) is 15.6. The molecule has 150 valence electrons. The Bertz CT molecular complexity index is 891. The van der Waals surface area contributed by atoms with Gasteiger partial charge in [-0.1, -0.05) is 23.7 Å². The summed E-state index contributed by atoms with van der Waals surface area (Å²) in [5.74, 6) is 0.666. The average Bonchev–Trinajstić information content (AvgIpc) is 2.71. The van der Waals surface area contributed by atoms with Gasteiger partial charge in [0, 0.05) is 30.1 Å². The van der Waals surface area contributed by atoms with Gasteiger partial charge >= 0.3 is 0 Å². The van der Waals surface area contributed by atoms with E-state index < -0.39 is 9.84 Å². The molecule has 5 nitrogen and oxygen atoms in total. The van der Waals surface area contributed by atoms with Crippen LogP contribution >= 0.6 is 11.6 Å². The number of halogens is 1. The molecular weight excluding hydrogens is 398 g/mol. The first-order valence-corrected chi connectivity index (χ1v) is 11.2. The van der Waals surface area contributed by atoms with Gasteiger partial charge in [0.15, 0.2) is 9.84 Å². The van der Waals surface area contributed by atoms with Gasteiger partial charge in [-0.05, 0) is 54.5 Å². The Kier molecular flexibility index (Phi) is 7.50. The molecule has 1 aliphatic heterocycles. The number of hydrogen-bond acceptors (Lipinski definition) is 5. The molecule has 0 aromatic heterocycles. The first-order chi connectivity index (χ1) is 13.5. The summed E-state index contributed by atoms with van der Waals surface area (Å²) in [7, 11) is -3.53. The molecule has 1 saturated heterocycles. The third-order valence-corrected chi connectivity index (χ3v) is 6.09. The van der Waals surface area contributed by atoms with E-state index in [2.05, 4.69) is 4.90 Å². The van der Waals surface area contributed by atoms with Crippen LogP contribution in [0.2, 0.25) is 5.02 Å². The lowest BCUT2D eigenvalue weighted by atomic mass is 10.2. The molecule has 0 atom stereocenters. The Hall–Kier alpha value is -1.86. The largest absolute Gasteiger partial charge is 0.494 e. The van der Waals surface area contributed by atoms with Crippen LogP contribution in [0, 0.1) is 0 Å². The van der Waals surface area contributed by atoms with E-state index >= 15 is 0 Å². The zero-order chi connectivity index (χ0) is 19.8. The predicted molar refractivity (Wildman–Crippen MR) is 111 cm³/mol. The fraction of sp³-hybridized carbons (Fsp3) is 0.333. The molecule has 28 heavy (non-hydrogen) atoms. The van der Waals surface area contributed by atoms with Crippen LogP contribution < -0.4 is 4.74 Å². The average molecular weight is 422 g/mol. The number of nitrogens with zero attached hydrogens (tertiary/aromatic N) is 1. The number of morpholine rings is 1. The lowest BCUT2D eigenvalue weighted by Crippen LogP contribution is -2.37. The van der Waals surface area contributed by atoms with Gasteiger partial charge in [-0.2, -0.15) is 0 Å². The fourth-order valence-electron chi connectivity index (χ4n) is 2.89. The topological polar surface area (TPSA) is 55.8 Å². The first kappa shape index (κ1) is 20.9. The second-order valence-electron chi connectivity index (χ2n) is 6.53. The van der Waals surface area contributed by atoms with E-state index in [0.29, 0.717) is 17.4 Å². The molecule has 1 heterocycles. The molecule has 0 radical (unpaired) electrons. The minimum atomic E-state index is -3.53. The van der Waals surface area contributed by atoms with Crippen LogP contribution in [0.25, 0.3) is 6.08 Å². The molecule has 2 aromatic rings. The normalized spacial score (nSPS) is 15.8. The van der Waals surface area contributed by atoms with Crippen molar-refractivity contribution in [1.29, 1.82) is 0 Å². The van der Waals surface area contributed by atoms with E-state index in [4.69, 9.17) is 21.1 Å². The highest BCUT2D eigenvalue weighted by atomic mass is 35.5. The monoisotopic (exact) mass is 421 g/mol. The Morgan fingerprint density at radius 3 is 2.57 bits per heavy atom. The van der Waals surface area contributed by atoms with Gasteiger partial charge in [-0.3, -0.25) is 4.90 Å². The molecule has 1 aliphatic rings. The van der Waals surface area contributed by atoms with Crippen molar-refractivity contribution in [2.75, 3.05) is 39.5 Å². The predicted octanol–water partition coefficient (Wildman–Crippen LogP) is 3.89. The van der Waals surface area contributed by atoms with E-state index in [0.717, 1.165) is 44.8 Å². The molecule has 0 unspecified atom stereocenters. The number of rotatable bonds is 8. The van der Waals surface area contributed by atoms with Gasteiger partial charge in [-0.15, -0.1) is 0 Å². The van der Waals surface area contributed by atoms with E-state index in [1.165, 1.54) is 11.5 Å². The molecule has 0 N–H and O–H groups in total. The van der Waals surface area contributed by atoms with Gasteiger partial charge in [-0.25, -0.2) is 8.42 Å². The third-order valence-electron chi connectivity index (χ3n) is 4.43. The summed E-state index contributed by atoms with van der Waals surface area (Å²) in [4.78, 5) is 2.58. The highest BCUT2D eigenvalue weighted by Gasteiger charge is 2.11. The second kappa shape index (κ2) is 10.1. The summed E-state index contributed by atoms with van der Waals surface area (Å²) in [5.41, 5.74) is 0.733. The van der Waals surface area contributed by atoms with Crippen molar-refractivity contribution in [1.82, 2.24) is 4.90 Å². The highest BCUT2D eigenvalue weighted by molar-refractivity contribution is 7.94. The molecule has 0 aliphatic carbocycles. The summed E-state index contributed by atoms with van der Waals surface area (Å²) >= 11 is 5.92. The molecule has 2 aromatic carbocycles. The standard InChI is InChI=1S/C21H24ClNO4S/c22-19-4-1-3-18(17-19)9-16-28(24,25)21-7-5-20(6-8-21)27-13-2-10-23-11-14-26-15-12-23/h1,3-9,16-17H,2,10-15H2. The maximum absolute atomic E-state index is 12.5. The van der Waals surface area contributed by atoms with Crippen LogP contribution in [0.15, 0.2) is 58.8 Å². The van der Waals surface area contributed by atoms with Crippen molar-refractivity contribution >= 4 is 27.5 Å². The van der Waals surface area contributed by atoms with Crippen molar-refractivity contribution in [2.24, 2.45) is 0 Å². The summed E-state index contributed by atoms with van der Waals surface area (Å²) in [6.45, 7) is 5.10. The SMILES string of the molecule is O=S(=O)(C=Cc1cccc(Cl)c1)c1ccc(OCCCN2CCOCC2)cc1. The van der Waals surface area contributed by atoms with E-state index in [1.54, 1.807) is 48.5 Å². The fourth-order valence-corrected chi connectivity index (χ4v) is 4.09. The third kappa shape index (κ3) is 6.34. The molecule has 7 heteroatoms. The van der Waals surface area contributed by atoms with Crippen molar-refractivity contribution < 1.29 is 17.9 Å². The minimum Gasteiger partial charge on any atom is -0.494 e. The summed E-state index contributed by atoms with van der Waals surface area (Å²) < 4.78 is 36.0. The van der Waals surface area contributed by atoms with E-state index in [1.807, 2.05) is 0 Å². The van der Waals surface area contributed by atoms with Gasteiger partial charge in [0.2, 0.25) is 0 Å². The zero-order valence-corrected chi connectivity index (χ0v) is 17.2. The van der Waals surface area contributed by atoms with Gasteiger partial charge in [0.1, 0.15) is 5.75 Å². The Labute approximate surface area is 171 Å². The molecule has 0 spiro atoms. The molecule has 0 amide bonds. The minimum absolute atomic E-state index is 0.228. The first-order valence-electron chi connectivity index (χ1n) is 9.25. The Morgan fingerprint density at radius 1 is 1.11 bits per heavy atom. The van der Waals surface area contributed by atoms with Crippen molar-refractivity contribution in [2.45, 2.75) is 11.3 Å². The lowest BCUT2D eigenvalue weighted by Gasteiger charge is -2.26. The van der Waals surface area contributed by atoms with Crippen LogP contribution in [-0.4, -0.2) is 52.8 Å². The van der Waals surface area contributed by atoms with Crippen LogP contribution in [0.5, 0.6) is 5.75 Å². The number of ether oxygens (including phenoxy) is 2. The van der Waals surface area contributed by atoms with E-state index in [9.17, 15) is 8.42 Å². The van der Waals surface area contributed by atoms with Gasteiger partial charge in [0.25, 0.3) is 0 Å². The van der Waals surface area contributed by atoms with Gasteiger partial charge in [0.05, 0.1) is 24.7 Å². The van der Waals surface area contributed by atoms with Gasteiger partial charge < -0.3 is 9.47 Å². The van der Waals surface area contributed by atoms with Crippen LogP contribution in [0.3, 0.4) is 0 Å². The number of benzene rings is 2. The summed E-state index contributed by atoms with van der Waals surface area (Å²) in [6.07, 6.45) is 2.46. The van der Waals surface area contributed by atoms with Crippen molar-refractivity contribution in [3.8, 4) is 5.75 Å². The number of hydrogen-bond donors (Lipinski definition) is 0. The molecule has 0 bridgehead atoms. The Balaban J connectivity index is 1.51. The molecule has 3 rings (SSSR count). The molecule has 1 fully saturated rings. The maximum atomic E-state index is 12.5. The summed E-state index contributed by atoms with van der Waals surface area (Å²) in [5, 5.41) is 1.76.